The Labute approximate surface area is 133 Å². The molecule has 120 valence electrons. The van der Waals surface area contributed by atoms with Crippen molar-refractivity contribution in [2.75, 3.05) is 0 Å². The van der Waals surface area contributed by atoms with Crippen LogP contribution >= 0.6 is 11.6 Å². The minimum atomic E-state index is -3.56. The summed E-state index contributed by atoms with van der Waals surface area (Å²) in [4.78, 5) is 0.197. The van der Waals surface area contributed by atoms with Crippen molar-refractivity contribution < 1.29 is 8.42 Å². The summed E-state index contributed by atoms with van der Waals surface area (Å²) in [6, 6.07) is 5.20. The predicted molar refractivity (Wildman–Crippen MR) is 88.1 cm³/mol. The molecule has 0 aromatic heterocycles. The van der Waals surface area contributed by atoms with Crippen molar-refractivity contribution in [3.63, 3.8) is 0 Å². The molecule has 0 unspecified atom stereocenters. The van der Waals surface area contributed by atoms with E-state index in [-0.39, 0.29) is 4.90 Å². The van der Waals surface area contributed by atoms with E-state index in [4.69, 9.17) is 11.6 Å². The summed E-state index contributed by atoms with van der Waals surface area (Å²) >= 11 is 6.19. The molecule has 0 radical (unpaired) electrons. The molecule has 0 amide bonds. The van der Waals surface area contributed by atoms with Gasteiger partial charge in [-0.1, -0.05) is 38.4 Å². The van der Waals surface area contributed by atoms with E-state index in [0.717, 1.165) is 5.56 Å². The van der Waals surface area contributed by atoms with E-state index in [1.165, 1.54) is 6.07 Å². The van der Waals surface area contributed by atoms with Gasteiger partial charge in [0, 0.05) is 23.1 Å². The van der Waals surface area contributed by atoms with Gasteiger partial charge in [0.15, 0.2) is 0 Å². The third-order valence-corrected chi connectivity index (χ3v) is 5.38. The molecule has 21 heavy (non-hydrogen) atoms. The van der Waals surface area contributed by atoms with E-state index >= 15 is 0 Å². The minimum absolute atomic E-state index is 0.197. The van der Waals surface area contributed by atoms with Gasteiger partial charge in [0.2, 0.25) is 10.0 Å². The van der Waals surface area contributed by atoms with Crippen molar-refractivity contribution in [3.05, 3.63) is 28.8 Å². The summed E-state index contributed by atoms with van der Waals surface area (Å²) in [6.07, 6.45) is 0.705. The first kappa shape index (κ1) is 18.4. The van der Waals surface area contributed by atoms with Crippen LogP contribution in [0.25, 0.3) is 0 Å². The molecular weight excluding hydrogens is 308 g/mol. The third-order valence-electron chi connectivity index (χ3n) is 3.33. The molecule has 0 saturated carbocycles. The summed E-state index contributed by atoms with van der Waals surface area (Å²) in [7, 11) is -3.56. The van der Waals surface area contributed by atoms with Crippen LogP contribution in [0.15, 0.2) is 23.1 Å². The molecule has 1 rings (SSSR count). The highest BCUT2D eigenvalue weighted by Crippen LogP contribution is 2.22. The molecule has 1 aromatic carbocycles. The molecule has 0 aliphatic carbocycles. The summed E-state index contributed by atoms with van der Waals surface area (Å²) in [5.74, 6) is 0. The zero-order valence-corrected chi connectivity index (χ0v) is 14.9. The van der Waals surface area contributed by atoms with Gasteiger partial charge in [0.1, 0.15) is 0 Å². The first-order chi connectivity index (χ1) is 9.57. The zero-order valence-electron chi connectivity index (χ0n) is 13.3. The van der Waals surface area contributed by atoms with E-state index in [1.54, 1.807) is 12.1 Å². The maximum Gasteiger partial charge on any atom is 0.241 e. The fraction of sp³-hybridized carbons (Fsp3) is 0.600. The molecule has 6 heteroatoms. The molecule has 0 aliphatic heterocycles. The molecule has 0 bridgehead atoms. The van der Waals surface area contributed by atoms with Gasteiger partial charge in [-0.05, 0) is 38.0 Å². The van der Waals surface area contributed by atoms with Crippen LogP contribution in [0, 0.1) is 0 Å². The number of hydrogen-bond acceptors (Lipinski definition) is 3. The fourth-order valence-corrected chi connectivity index (χ4v) is 3.47. The second-order valence-corrected chi connectivity index (χ2v) is 8.22. The summed E-state index contributed by atoms with van der Waals surface area (Å²) in [6.45, 7) is 10.4. The van der Waals surface area contributed by atoms with Gasteiger partial charge in [-0.15, -0.1) is 0 Å². The lowest BCUT2D eigenvalue weighted by Crippen LogP contribution is -2.42. The Morgan fingerprint density at radius 2 is 1.90 bits per heavy atom. The maximum atomic E-state index is 12.4. The topological polar surface area (TPSA) is 58.2 Å². The normalized spacial score (nSPS) is 12.9. The van der Waals surface area contributed by atoms with Crippen molar-refractivity contribution in [3.8, 4) is 0 Å². The number of nitrogens with one attached hydrogen (secondary N) is 2. The van der Waals surface area contributed by atoms with Gasteiger partial charge in [0.25, 0.3) is 0 Å². The smallest absolute Gasteiger partial charge is 0.241 e. The van der Waals surface area contributed by atoms with Crippen LogP contribution in [0.2, 0.25) is 5.02 Å². The lowest BCUT2D eigenvalue weighted by atomic mass is 10.0. The minimum Gasteiger partial charge on any atom is -0.310 e. The van der Waals surface area contributed by atoms with Gasteiger partial charge in [-0.3, -0.25) is 0 Å². The van der Waals surface area contributed by atoms with Gasteiger partial charge in [-0.2, -0.15) is 0 Å². The highest BCUT2D eigenvalue weighted by Gasteiger charge is 2.25. The number of hydrogen-bond donors (Lipinski definition) is 2. The number of halogens is 1. The van der Waals surface area contributed by atoms with E-state index < -0.39 is 15.6 Å². The predicted octanol–water partition coefficient (Wildman–Crippen LogP) is 3.30. The van der Waals surface area contributed by atoms with Gasteiger partial charge < -0.3 is 5.32 Å². The lowest BCUT2D eigenvalue weighted by molar-refractivity contribution is 0.439. The van der Waals surface area contributed by atoms with Crippen molar-refractivity contribution in [1.82, 2.24) is 10.0 Å². The molecule has 0 atom stereocenters. The fourth-order valence-electron chi connectivity index (χ4n) is 1.65. The lowest BCUT2D eigenvalue weighted by Gasteiger charge is -2.24. The Bertz CT molecular complexity index is 583. The van der Waals surface area contributed by atoms with Crippen LogP contribution in [0.1, 0.15) is 46.6 Å². The molecule has 0 spiro atoms. The Balaban J connectivity index is 2.97. The Hall–Kier alpha value is -0.620. The van der Waals surface area contributed by atoms with E-state index in [2.05, 4.69) is 10.0 Å². The van der Waals surface area contributed by atoms with Gasteiger partial charge in [0.05, 0.1) is 4.90 Å². The molecular formula is C15H25ClN2O2S. The standard InChI is InChI=1S/C15H25ClN2O2S/c1-6-15(4,5)18-21(19,20)13-8-7-12(14(16)9-13)10-17-11(2)3/h7-9,11,17-18H,6,10H2,1-5H3. The average Bonchev–Trinajstić information content (AvgIpc) is 2.36. The quantitative estimate of drug-likeness (QED) is 0.805. The third kappa shape index (κ3) is 5.58. The zero-order chi connectivity index (χ0) is 16.3. The van der Waals surface area contributed by atoms with Crippen LogP contribution in [-0.4, -0.2) is 20.0 Å². The second kappa shape index (κ2) is 7.09. The molecule has 0 heterocycles. The van der Waals surface area contributed by atoms with Crippen molar-refractivity contribution >= 4 is 21.6 Å². The van der Waals surface area contributed by atoms with Crippen molar-refractivity contribution in [2.24, 2.45) is 0 Å². The molecule has 0 aliphatic rings. The van der Waals surface area contributed by atoms with Crippen LogP contribution in [0.4, 0.5) is 0 Å². The SMILES string of the molecule is CCC(C)(C)NS(=O)(=O)c1ccc(CNC(C)C)c(Cl)c1. The molecule has 0 fully saturated rings. The van der Waals surface area contributed by atoms with Crippen LogP contribution in [-0.2, 0) is 16.6 Å². The monoisotopic (exact) mass is 332 g/mol. The van der Waals surface area contributed by atoms with Crippen LogP contribution in [0.5, 0.6) is 0 Å². The summed E-state index contributed by atoms with van der Waals surface area (Å²) in [5.41, 5.74) is 0.405. The van der Waals surface area contributed by atoms with E-state index in [9.17, 15) is 8.42 Å². The highest BCUT2D eigenvalue weighted by molar-refractivity contribution is 7.89. The first-order valence-corrected chi connectivity index (χ1v) is 8.99. The van der Waals surface area contributed by atoms with Gasteiger partial charge in [-0.25, -0.2) is 13.1 Å². The summed E-state index contributed by atoms with van der Waals surface area (Å²) < 4.78 is 27.4. The van der Waals surface area contributed by atoms with Crippen molar-refractivity contribution in [2.45, 2.75) is 64.1 Å². The number of benzene rings is 1. The molecule has 1 aromatic rings. The Morgan fingerprint density at radius 1 is 1.29 bits per heavy atom. The Morgan fingerprint density at radius 3 is 2.38 bits per heavy atom. The second-order valence-electron chi connectivity index (χ2n) is 6.13. The van der Waals surface area contributed by atoms with E-state index in [1.807, 2.05) is 34.6 Å². The number of rotatable bonds is 7. The van der Waals surface area contributed by atoms with Crippen LogP contribution in [0.3, 0.4) is 0 Å². The number of sulfonamides is 1. The van der Waals surface area contributed by atoms with Crippen LogP contribution < -0.4 is 10.0 Å². The summed E-state index contributed by atoms with van der Waals surface area (Å²) in [5, 5.41) is 3.72. The first-order valence-electron chi connectivity index (χ1n) is 7.13. The molecule has 2 N–H and O–H groups in total. The molecule has 0 saturated heterocycles. The molecule has 4 nitrogen and oxygen atoms in total. The maximum absolute atomic E-state index is 12.4. The Kier molecular flexibility index (Phi) is 6.23. The van der Waals surface area contributed by atoms with Crippen molar-refractivity contribution in [1.29, 1.82) is 0 Å². The van der Waals surface area contributed by atoms with Gasteiger partial charge >= 0.3 is 0 Å². The highest BCUT2D eigenvalue weighted by atomic mass is 35.5. The average molecular weight is 333 g/mol. The largest absolute Gasteiger partial charge is 0.310 e. The van der Waals surface area contributed by atoms with E-state index in [0.29, 0.717) is 24.0 Å².